The predicted molar refractivity (Wildman–Crippen MR) is 62.4 cm³/mol. The molecule has 0 N–H and O–H groups in total. The zero-order valence-electron chi connectivity index (χ0n) is 10.3. The number of anilines is 1. The molecule has 0 aliphatic carbocycles. The van der Waals surface area contributed by atoms with Crippen molar-refractivity contribution in [2.45, 2.75) is 13.8 Å². The Labute approximate surface area is 96.2 Å². The fraction of sp³-hybridized carbons (Fsp3) is 0.636. The van der Waals surface area contributed by atoms with Gasteiger partial charge in [0.1, 0.15) is 17.5 Å². The summed E-state index contributed by atoms with van der Waals surface area (Å²) in [5, 5.41) is 13.3. The summed E-state index contributed by atoms with van der Waals surface area (Å²) in [7, 11) is 3.79. The fourth-order valence-corrected chi connectivity index (χ4v) is 1.67. The first-order valence-corrected chi connectivity index (χ1v) is 5.34. The van der Waals surface area contributed by atoms with Gasteiger partial charge in [-0.3, -0.25) is 4.68 Å². The van der Waals surface area contributed by atoms with Gasteiger partial charge >= 0.3 is 0 Å². The van der Waals surface area contributed by atoms with E-state index in [2.05, 4.69) is 11.2 Å². The van der Waals surface area contributed by atoms with Crippen LogP contribution in [0.1, 0.15) is 18.2 Å². The molecule has 5 heteroatoms. The van der Waals surface area contributed by atoms with Crippen LogP contribution >= 0.6 is 0 Å². The van der Waals surface area contributed by atoms with Crippen LogP contribution in [0.4, 0.5) is 5.82 Å². The van der Waals surface area contributed by atoms with Crippen LogP contribution in [0.2, 0.25) is 0 Å². The van der Waals surface area contributed by atoms with Crippen LogP contribution in [0.3, 0.4) is 0 Å². The number of aryl methyl sites for hydroxylation is 2. The van der Waals surface area contributed by atoms with Gasteiger partial charge in [-0.25, -0.2) is 0 Å². The number of likely N-dealkylation sites (N-methyl/N-ethyl adjacent to an activating group) is 1. The summed E-state index contributed by atoms with van der Waals surface area (Å²) in [5.74, 6) is 0.847. The Morgan fingerprint density at radius 1 is 1.56 bits per heavy atom. The molecule has 88 valence electrons. The van der Waals surface area contributed by atoms with Crippen molar-refractivity contribution < 1.29 is 4.74 Å². The standard InChI is InChI=1S/C11H18N4O/c1-5-16-7-6-14(3)11-10(8-12)9(2)13-15(11)4/h5-7H2,1-4H3. The van der Waals surface area contributed by atoms with Crippen molar-refractivity contribution in [2.75, 3.05) is 31.7 Å². The van der Waals surface area contributed by atoms with E-state index in [0.29, 0.717) is 18.8 Å². The Balaban J connectivity index is 2.82. The summed E-state index contributed by atoms with van der Waals surface area (Å²) in [4.78, 5) is 1.99. The molecule has 0 bridgehead atoms. The van der Waals surface area contributed by atoms with Crippen molar-refractivity contribution in [3.63, 3.8) is 0 Å². The van der Waals surface area contributed by atoms with Crippen LogP contribution in [-0.4, -0.2) is 36.6 Å². The normalized spacial score (nSPS) is 10.2. The van der Waals surface area contributed by atoms with Crippen LogP contribution in [0, 0.1) is 18.3 Å². The van der Waals surface area contributed by atoms with Crippen LogP contribution in [0.15, 0.2) is 0 Å². The summed E-state index contributed by atoms with van der Waals surface area (Å²) in [6.45, 7) is 5.93. The maximum absolute atomic E-state index is 9.07. The minimum absolute atomic E-state index is 0.640. The van der Waals surface area contributed by atoms with Crippen molar-refractivity contribution >= 4 is 5.82 Å². The predicted octanol–water partition coefficient (Wildman–Crippen LogP) is 1.07. The molecule has 5 nitrogen and oxygen atoms in total. The third-order valence-corrected chi connectivity index (χ3v) is 2.44. The number of nitrogens with zero attached hydrogens (tertiary/aromatic N) is 4. The maximum Gasteiger partial charge on any atom is 0.144 e. The highest BCUT2D eigenvalue weighted by atomic mass is 16.5. The lowest BCUT2D eigenvalue weighted by molar-refractivity contribution is 0.154. The monoisotopic (exact) mass is 222 g/mol. The largest absolute Gasteiger partial charge is 0.380 e. The second kappa shape index (κ2) is 5.52. The van der Waals surface area contributed by atoms with Crippen molar-refractivity contribution in [2.24, 2.45) is 7.05 Å². The number of aromatic nitrogens is 2. The van der Waals surface area contributed by atoms with Gasteiger partial charge in [0.05, 0.1) is 12.3 Å². The van der Waals surface area contributed by atoms with Crippen LogP contribution in [0.5, 0.6) is 0 Å². The van der Waals surface area contributed by atoms with Gasteiger partial charge in [-0.1, -0.05) is 0 Å². The molecule has 0 fully saturated rings. The van der Waals surface area contributed by atoms with Gasteiger partial charge in [0.2, 0.25) is 0 Å². The summed E-state index contributed by atoms with van der Waals surface area (Å²) < 4.78 is 7.03. The van der Waals surface area contributed by atoms with E-state index in [0.717, 1.165) is 18.1 Å². The van der Waals surface area contributed by atoms with Gasteiger partial charge in [-0.15, -0.1) is 0 Å². The van der Waals surface area contributed by atoms with E-state index >= 15 is 0 Å². The Morgan fingerprint density at radius 2 is 2.25 bits per heavy atom. The summed E-state index contributed by atoms with van der Waals surface area (Å²) in [6.07, 6.45) is 0. The lowest BCUT2D eigenvalue weighted by Gasteiger charge is -2.19. The molecule has 16 heavy (non-hydrogen) atoms. The average molecular weight is 222 g/mol. The molecule has 1 aromatic rings. The Bertz CT molecular complexity index is 391. The maximum atomic E-state index is 9.07. The van der Waals surface area contributed by atoms with Crippen molar-refractivity contribution in [3.05, 3.63) is 11.3 Å². The summed E-state index contributed by atoms with van der Waals surface area (Å²) in [5.41, 5.74) is 1.41. The third-order valence-electron chi connectivity index (χ3n) is 2.44. The number of hydrogen-bond acceptors (Lipinski definition) is 4. The quantitative estimate of drug-likeness (QED) is 0.699. The average Bonchev–Trinajstić information content (AvgIpc) is 2.53. The molecule has 0 aromatic carbocycles. The molecule has 0 atom stereocenters. The highest BCUT2D eigenvalue weighted by molar-refractivity contribution is 5.56. The highest BCUT2D eigenvalue weighted by Crippen LogP contribution is 2.20. The topological polar surface area (TPSA) is 54.1 Å². The molecule has 1 rings (SSSR count). The molecule has 0 spiro atoms. The molecule has 0 aliphatic rings. The van der Waals surface area contributed by atoms with E-state index in [1.807, 2.05) is 32.8 Å². The van der Waals surface area contributed by atoms with Crippen LogP contribution < -0.4 is 4.90 Å². The first-order valence-electron chi connectivity index (χ1n) is 5.34. The zero-order valence-corrected chi connectivity index (χ0v) is 10.3. The third kappa shape index (κ3) is 2.52. The number of rotatable bonds is 5. The molecular weight excluding hydrogens is 204 g/mol. The van der Waals surface area contributed by atoms with Gasteiger partial charge < -0.3 is 9.64 Å². The number of nitriles is 1. The van der Waals surface area contributed by atoms with E-state index in [-0.39, 0.29) is 0 Å². The SMILES string of the molecule is CCOCCN(C)c1c(C#N)c(C)nn1C. The van der Waals surface area contributed by atoms with E-state index in [4.69, 9.17) is 10.00 Å². The second-order valence-corrected chi connectivity index (χ2v) is 3.64. The molecule has 0 unspecified atom stereocenters. The van der Waals surface area contributed by atoms with Crippen molar-refractivity contribution in [1.29, 1.82) is 5.26 Å². The fourth-order valence-electron chi connectivity index (χ4n) is 1.67. The van der Waals surface area contributed by atoms with Gasteiger partial charge in [0.15, 0.2) is 0 Å². The van der Waals surface area contributed by atoms with Crippen molar-refractivity contribution in [1.82, 2.24) is 9.78 Å². The van der Waals surface area contributed by atoms with Gasteiger partial charge in [-0.2, -0.15) is 10.4 Å². The first-order chi connectivity index (χ1) is 7.61. The van der Waals surface area contributed by atoms with E-state index in [1.54, 1.807) is 4.68 Å². The molecule has 0 saturated heterocycles. The zero-order chi connectivity index (χ0) is 12.1. The molecule has 0 amide bonds. The van der Waals surface area contributed by atoms with E-state index < -0.39 is 0 Å². The minimum atomic E-state index is 0.640. The molecule has 1 heterocycles. The van der Waals surface area contributed by atoms with Crippen LogP contribution in [0.25, 0.3) is 0 Å². The van der Waals surface area contributed by atoms with Gasteiger partial charge in [-0.05, 0) is 13.8 Å². The Morgan fingerprint density at radius 3 is 2.81 bits per heavy atom. The number of ether oxygens (including phenoxy) is 1. The molecule has 0 saturated carbocycles. The molecular formula is C11H18N4O. The smallest absolute Gasteiger partial charge is 0.144 e. The summed E-state index contributed by atoms with van der Waals surface area (Å²) in [6, 6.07) is 2.19. The minimum Gasteiger partial charge on any atom is -0.380 e. The Hall–Kier alpha value is -1.54. The van der Waals surface area contributed by atoms with Gasteiger partial charge in [0.25, 0.3) is 0 Å². The van der Waals surface area contributed by atoms with Gasteiger partial charge in [0, 0.05) is 27.2 Å². The lowest BCUT2D eigenvalue weighted by atomic mass is 10.2. The van der Waals surface area contributed by atoms with Crippen LogP contribution in [-0.2, 0) is 11.8 Å². The number of hydrogen-bond donors (Lipinski definition) is 0. The summed E-state index contributed by atoms with van der Waals surface area (Å²) >= 11 is 0. The first kappa shape index (κ1) is 12.5. The Kier molecular flexibility index (Phi) is 4.32. The second-order valence-electron chi connectivity index (χ2n) is 3.64. The van der Waals surface area contributed by atoms with E-state index in [9.17, 15) is 0 Å². The van der Waals surface area contributed by atoms with Crippen molar-refractivity contribution in [3.8, 4) is 6.07 Å². The molecule has 0 radical (unpaired) electrons. The lowest BCUT2D eigenvalue weighted by Crippen LogP contribution is -2.25. The highest BCUT2D eigenvalue weighted by Gasteiger charge is 2.16. The van der Waals surface area contributed by atoms with E-state index in [1.165, 1.54) is 0 Å². The molecule has 1 aromatic heterocycles. The molecule has 0 aliphatic heterocycles.